The Balaban J connectivity index is 1.40. The molecule has 1 aliphatic heterocycles. The third-order valence-corrected chi connectivity index (χ3v) is 6.05. The second kappa shape index (κ2) is 8.94. The van der Waals surface area contributed by atoms with Crippen LogP contribution in [0.4, 0.5) is 0 Å². The van der Waals surface area contributed by atoms with Gasteiger partial charge in [-0.05, 0) is 55.0 Å². The van der Waals surface area contributed by atoms with Crippen LogP contribution in [0, 0.1) is 5.92 Å². The van der Waals surface area contributed by atoms with Crippen LogP contribution in [0.1, 0.15) is 30.0 Å². The second-order valence-electron chi connectivity index (χ2n) is 7.61. The molecule has 4 rings (SSSR count). The Labute approximate surface area is 168 Å². The zero-order valence-electron chi connectivity index (χ0n) is 15.8. The molecule has 3 atom stereocenters. The Hall–Kier alpha value is -2.09. The molecule has 0 aromatic heterocycles. The van der Waals surface area contributed by atoms with Crippen molar-refractivity contribution in [3.05, 3.63) is 65.7 Å². The van der Waals surface area contributed by atoms with Crippen LogP contribution in [0.3, 0.4) is 0 Å². The molecule has 0 spiro atoms. The van der Waals surface area contributed by atoms with E-state index >= 15 is 0 Å². The quantitative estimate of drug-likeness (QED) is 0.633. The lowest BCUT2D eigenvalue weighted by molar-refractivity contribution is 0.212. The maximum absolute atomic E-state index is 11.2. The van der Waals surface area contributed by atoms with Crippen LogP contribution in [0.5, 0.6) is 0 Å². The lowest BCUT2D eigenvalue weighted by atomic mass is 10.0. The van der Waals surface area contributed by atoms with Crippen molar-refractivity contribution in [1.29, 1.82) is 0 Å². The Kier molecular flexibility index (Phi) is 6.14. The summed E-state index contributed by atoms with van der Waals surface area (Å²) in [5.41, 5.74) is 2.32. The summed E-state index contributed by atoms with van der Waals surface area (Å²) in [5, 5.41) is 14.6. The van der Waals surface area contributed by atoms with E-state index in [4.69, 9.17) is 0 Å². The lowest BCUT2D eigenvalue weighted by Crippen LogP contribution is -2.41. The van der Waals surface area contributed by atoms with Gasteiger partial charge in [-0.3, -0.25) is 5.01 Å². The summed E-state index contributed by atoms with van der Waals surface area (Å²) < 4.78 is 20.3. The van der Waals surface area contributed by atoms with Crippen LogP contribution in [0.15, 0.2) is 69.8 Å². The topological polar surface area (TPSA) is 77.3 Å². The summed E-state index contributed by atoms with van der Waals surface area (Å²) in [7, 11) is 0. The van der Waals surface area contributed by atoms with E-state index in [9.17, 15) is 8.76 Å². The Morgan fingerprint density at radius 2 is 1.89 bits per heavy atom. The van der Waals surface area contributed by atoms with Crippen LogP contribution in [-0.4, -0.2) is 39.4 Å². The summed E-state index contributed by atoms with van der Waals surface area (Å²) in [6, 6.07) is 17.8. The van der Waals surface area contributed by atoms with Crippen LogP contribution in [0.25, 0.3) is 0 Å². The number of nitrogens with one attached hydrogen (secondary N) is 1. The van der Waals surface area contributed by atoms with E-state index in [0.717, 1.165) is 37.5 Å². The zero-order chi connectivity index (χ0) is 19.3. The molecular weight excluding hydrogens is 372 g/mol. The molecule has 1 fully saturated rings. The molecule has 2 aliphatic rings. The molecule has 2 aromatic carbocycles. The van der Waals surface area contributed by atoms with Gasteiger partial charge in [-0.25, -0.2) is 4.21 Å². The highest BCUT2D eigenvalue weighted by atomic mass is 32.2. The van der Waals surface area contributed by atoms with Crippen molar-refractivity contribution in [3.63, 3.8) is 0 Å². The van der Waals surface area contributed by atoms with Gasteiger partial charge in [0.05, 0.1) is 17.5 Å². The molecule has 2 unspecified atom stereocenters. The van der Waals surface area contributed by atoms with Gasteiger partial charge in [-0.2, -0.15) is 5.11 Å². The number of hydrogen-bond acceptors (Lipinski definition) is 5. The molecule has 7 heteroatoms. The van der Waals surface area contributed by atoms with Gasteiger partial charge in [0.25, 0.3) is 0 Å². The first kappa shape index (κ1) is 19.2. The minimum atomic E-state index is -1.95. The minimum absolute atomic E-state index is 0.0390. The largest absolute Gasteiger partial charge is 0.314 e. The van der Waals surface area contributed by atoms with Crippen molar-refractivity contribution in [1.82, 2.24) is 10.3 Å². The van der Waals surface area contributed by atoms with Gasteiger partial charge in [0.2, 0.25) is 0 Å². The fraction of sp³-hybridized carbons (Fsp3) is 0.429. The van der Waals surface area contributed by atoms with Gasteiger partial charge < -0.3 is 9.87 Å². The SMILES string of the molecule is O=S(O)c1ccc(C2CN([C@H](CNCC3CC3)Cc3ccccc3)N=N2)cc1. The third kappa shape index (κ3) is 5.04. The highest BCUT2D eigenvalue weighted by Crippen LogP contribution is 2.29. The van der Waals surface area contributed by atoms with E-state index < -0.39 is 11.1 Å². The van der Waals surface area contributed by atoms with Crippen molar-refractivity contribution in [2.24, 2.45) is 16.3 Å². The third-order valence-electron chi connectivity index (χ3n) is 5.38. The Morgan fingerprint density at radius 1 is 1.14 bits per heavy atom. The number of nitrogens with zero attached hydrogens (tertiary/aromatic N) is 3. The molecule has 0 bridgehead atoms. The molecule has 1 heterocycles. The molecule has 28 heavy (non-hydrogen) atoms. The molecule has 148 valence electrons. The van der Waals surface area contributed by atoms with Crippen LogP contribution in [0.2, 0.25) is 0 Å². The normalized spacial score (nSPS) is 21.0. The molecule has 2 aromatic rings. The summed E-state index contributed by atoms with van der Waals surface area (Å²) in [6.07, 6.45) is 3.61. The van der Waals surface area contributed by atoms with Gasteiger partial charge in [0.1, 0.15) is 6.04 Å². The van der Waals surface area contributed by atoms with Crippen molar-refractivity contribution in [2.75, 3.05) is 19.6 Å². The maximum atomic E-state index is 11.2. The number of hydrogen-bond donors (Lipinski definition) is 2. The second-order valence-corrected chi connectivity index (χ2v) is 8.58. The molecule has 0 radical (unpaired) electrons. The average Bonchev–Trinajstić information content (AvgIpc) is 3.41. The van der Waals surface area contributed by atoms with E-state index in [1.807, 2.05) is 18.2 Å². The van der Waals surface area contributed by atoms with E-state index in [2.05, 4.69) is 44.9 Å². The highest BCUT2D eigenvalue weighted by molar-refractivity contribution is 7.79. The molecule has 6 nitrogen and oxygen atoms in total. The predicted molar refractivity (Wildman–Crippen MR) is 109 cm³/mol. The van der Waals surface area contributed by atoms with Crippen LogP contribution < -0.4 is 5.32 Å². The minimum Gasteiger partial charge on any atom is -0.314 e. The van der Waals surface area contributed by atoms with Crippen molar-refractivity contribution in [2.45, 2.75) is 36.2 Å². The van der Waals surface area contributed by atoms with Crippen molar-refractivity contribution >= 4 is 11.1 Å². The first-order chi connectivity index (χ1) is 13.7. The van der Waals surface area contributed by atoms with Gasteiger partial charge in [-0.15, -0.1) is 0 Å². The molecule has 2 N–H and O–H groups in total. The van der Waals surface area contributed by atoms with Gasteiger partial charge in [0, 0.05) is 6.54 Å². The fourth-order valence-electron chi connectivity index (χ4n) is 3.52. The summed E-state index contributed by atoms with van der Waals surface area (Å²) in [4.78, 5) is 0.404. The number of rotatable bonds is 9. The Morgan fingerprint density at radius 3 is 2.57 bits per heavy atom. The van der Waals surface area contributed by atoms with E-state index in [1.54, 1.807) is 12.1 Å². The molecule has 1 saturated carbocycles. The highest BCUT2D eigenvalue weighted by Gasteiger charge is 2.28. The zero-order valence-corrected chi connectivity index (χ0v) is 16.6. The summed E-state index contributed by atoms with van der Waals surface area (Å²) >= 11 is -1.95. The predicted octanol–water partition coefficient (Wildman–Crippen LogP) is 3.60. The van der Waals surface area contributed by atoms with Crippen LogP contribution >= 0.6 is 0 Å². The van der Waals surface area contributed by atoms with Gasteiger partial charge in [-0.1, -0.05) is 47.7 Å². The molecular formula is C21H26N4O2S. The van der Waals surface area contributed by atoms with Gasteiger partial charge in [0.15, 0.2) is 11.1 Å². The Bertz CT molecular complexity index is 824. The van der Waals surface area contributed by atoms with Crippen molar-refractivity contribution in [3.8, 4) is 0 Å². The fourth-order valence-corrected chi connectivity index (χ4v) is 3.89. The first-order valence-electron chi connectivity index (χ1n) is 9.82. The van der Waals surface area contributed by atoms with E-state index in [1.165, 1.54) is 18.4 Å². The summed E-state index contributed by atoms with van der Waals surface area (Å²) in [6.45, 7) is 2.70. The summed E-state index contributed by atoms with van der Waals surface area (Å²) in [5.74, 6) is 0.848. The molecule has 1 aliphatic carbocycles. The molecule has 0 amide bonds. The lowest BCUT2D eigenvalue weighted by Gasteiger charge is -2.26. The van der Waals surface area contributed by atoms with E-state index in [0.29, 0.717) is 4.90 Å². The standard InChI is InChI=1S/C21H26N4O2S/c26-28(27)20-10-8-18(9-11-20)21-15-25(24-23-21)19(14-22-13-17-6-7-17)12-16-4-2-1-3-5-16/h1-5,8-11,17,19,21-22H,6-7,12-15H2,(H,26,27)/t19-,21?/m0/s1. The van der Waals surface area contributed by atoms with Crippen molar-refractivity contribution < 1.29 is 8.76 Å². The van der Waals surface area contributed by atoms with Crippen LogP contribution in [-0.2, 0) is 17.5 Å². The maximum Gasteiger partial charge on any atom is 0.186 e. The van der Waals surface area contributed by atoms with E-state index in [-0.39, 0.29) is 12.1 Å². The first-order valence-corrected chi connectivity index (χ1v) is 10.9. The smallest absolute Gasteiger partial charge is 0.186 e. The van der Waals surface area contributed by atoms with Gasteiger partial charge >= 0.3 is 0 Å². The number of benzene rings is 2. The molecule has 0 saturated heterocycles. The average molecular weight is 399 g/mol. The monoisotopic (exact) mass is 398 g/mol.